The smallest absolute Gasteiger partial charge is 1.00 e. The maximum absolute atomic E-state index is 15.5. The van der Waals surface area contributed by atoms with E-state index < -0.39 is 52.7 Å². The van der Waals surface area contributed by atoms with E-state index >= 15 is 4.39 Å². The number of carboxylic acids is 1. The molecule has 0 aliphatic carbocycles. The SMILES string of the molecule is CC(C)(C)OC(=O)N(c1nccs1)[C@H]1C[C@H]2C(=O)NCC(=O)N2C1.CN1COc2c(N3CCN4C[C@@H](Nc5nccs5)C[C@H]4C3)c(F)cc3c(=O)c(C(=O)O)cn1c23.O=C1NCC(=O)N2CC(O)C[C@@H]12.O=C1NCC(=O)N2C[C@@H](Nc3nccs3)C[C@@H]12.[3H]N(C)O.[AlH3].[H-].[Li+].c1csc(N[C@H]2C[C@H]3CNCCN3C2)n1. The number of carbonyl (C=O) groups excluding carboxylic acids is 7. The van der Waals surface area contributed by atoms with Gasteiger partial charge >= 0.3 is 30.9 Å². The zero-order chi connectivity index (χ0) is 75.3. The second kappa shape index (κ2) is 36.1. The van der Waals surface area contributed by atoms with Gasteiger partial charge < -0.3 is 83.1 Å². The molecule has 10 fully saturated rings. The summed E-state index contributed by atoms with van der Waals surface area (Å²) in [6, 6.07) is 1.48. The Labute approximate surface area is 656 Å². The number of hydroxylamine groups is 1. The molecule has 11 aliphatic heterocycles. The number of aromatic carboxylic acids is 1. The number of benzene rings is 1. The van der Waals surface area contributed by atoms with Crippen LogP contribution in [-0.2, 0) is 33.5 Å². The molecule has 0 spiro atoms. The predicted molar refractivity (Wildman–Crippen MR) is 400 cm³/mol. The first-order chi connectivity index (χ1) is 50.7. The monoisotopic (exact) mass is 1570 g/mol. The van der Waals surface area contributed by atoms with Gasteiger partial charge in [0.15, 0.2) is 57.6 Å². The van der Waals surface area contributed by atoms with E-state index in [2.05, 4.69) is 67.0 Å². The number of carboxylic acid groups (broad SMARTS) is 1. The number of pyridine rings is 1. The van der Waals surface area contributed by atoms with Crippen LogP contribution in [0.1, 0.15) is 64.7 Å². The summed E-state index contributed by atoms with van der Waals surface area (Å²) in [7, 11) is 2.94. The van der Waals surface area contributed by atoms with Crippen LogP contribution < -0.4 is 86.5 Å². The Morgan fingerprint density at radius 1 is 0.710 bits per heavy atom. The number of rotatable bonds is 10. The molecule has 11 aliphatic rings. The summed E-state index contributed by atoms with van der Waals surface area (Å²) >= 11 is 6.10. The molecule has 16 heterocycles. The Morgan fingerprint density at radius 2 is 1.22 bits per heavy atom. The van der Waals surface area contributed by atoms with Crippen LogP contribution in [0.2, 0.25) is 1.41 Å². The van der Waals surface area contributed by atoms with Gasteiger partial charge in [-0.3, -0.25) is 53.0 Å². The zero-order valence-electron chi connectivity index (χ0n) is 61.3. The first kappa shape index (κ1) is 80.2. The van der Waals surface area contributed by atoms with Crippen LogP contribution >= 0.6 is 45.3 Å². The van der Waals surface area contributed by atoms with Crippen molar-refractivity contribution in [3.05, 3.63) is 80.2 Å². The molecule has 0 radical (unpaired) electrons. The Kier molecular flexibility index (Phi) is 27.0. The Morgan fingerprint density at radius 3 is 1.73 bits per heavy atom. The molecule has 10 saturated heterocycles. The van der Waals surface area contributed by atoms with Crippen molar-refractivity contribution in [3.8, 4) is 5.75 Å². The van der Waals surface area contributed by atoms with E-state index in [-0.39, 0.29) is 146 Å². The number of piperazine rings is 5. The molecule has 0 saturated carbocycles. The van der Waals surface area contributed by atoms with Gasteiger partial charge in [0.1, 0.15) is 40.5 Å². The van der Waals surface area contributed by atoms with Crippen LogP contribution in [0.3, 0.4) is 0 Å². The summed E-state index contributed by atoms with van der Waals surface area (Å²) in [4.78, 5) is 137. The Balaban J connectivity index is 0.000000161. The number of amides is 7. The number of nitrogens with one attached hydrogen (secondary N) is 8. The van der Waals surface area contributed by atoms with E-state index in [1.165, 1.54) is 70.1 Å². The van der Waals surface area contributed by atoms with Crippen LogP contribution in [0.25, 0.3) is 10.9 Å². The fourth-order valence-corrected chi connectivity index (χ4v) is 17.3. The van der Waals surface area contributed by atoms with Crippen molar-refractivity contribution < 1.29 is 89.3 Å². The number of thiazole rings is 4. The number of hydrogen-bond donors (Lipinski definition) is 11. The fraction of sp³-hybridized carbons (Fsp3) is 0.554. The molecule has 42 heteroatoms. The molecule has 107 heavy (non-hydrogen) atoms. The van der Waals surface area contributed by atoms with E-state index in [0.29, 0.717) is 74.4 Å². The third kappa shape index (κ3) is 19.2. The van der Waals surface area contributed by atoms with Gasteiger partial charge in [-0.15, -0.1) is 45.3 Å². The summed E-state index contributed by atoms with van der Waals surface area (Å²) in [6.07, 6.45) is 10.8. The van der Waals surface area contributed by atoms with Gasteiger partial charge in [-0.2, -0.15) is 0 Å². The average molecular weight is 1570 g/mol. The van der Waals surface area contributed by atoms with E-state index in [4.69, 9.17) is 16.1 Å². The summed E-state index contributed by atoms with van der Waals surface area (Å²) in [5, 5.41) is 60.2. The van der Waals surface area contributed by atoms with Crippen LogP contribution in [-0.4, -0.2) is 308 Å². The van der Waals surface area contributed by atoms with Crippen molar-refractivity contribution in [1.82, 2.24) is 75.9 Å². The molecule has 7 amide bonds. The van der Waals surface area contributed by atoms with Crippen LogP contribution in [0, 0.1) is 5.82 Å². The van der Waals surface area contributed by atoms with E-state index in [1.807, 2.05) is 27.2 Å². The van der Waals surface area contributed by atoms with Crippen molar-refractivity contribution in [1.29, 1.82) is 0 Å². The van der Waals surface area contributed by atoms with Crippen molar-refractivity contribution in [2.45, 2.75) is 119 Å². The molecule has 35 nitrogen and oxygen atoms in total. The minimum Gasteiger partial charge on any atom is -1.00 e. The molecule has 1 unspecified atom stereocenters. The first-order valence-corrected chi connectivity index (χ1v) is 37.9. The summed E-state index contributed by atoms with van der Waals surface area (Å²) in [5.74, 6) is -2.26. The fourth-order valence-electron chi connectivity index (χ4n) is 14.8. The molecule has 10 atom stereocenters. The molecular weight excluding hydrogens is 1480 g/mol. The third-order valence-electron chi connectivity index (χ3n) is 19.4. The maximum atomic E-state index is 15.5. The van der Waals surface area contributed by atoms with Crippen molar-refractivity contribution in [2.24, 2.45) is 0 Å². The summed E-state index contributed by atoms with van der Waals surface area (Å²) in [5.41, 5.74) is -0.810. The van der Waals surface area contributed by atoms with Gasteiger partial charge in [-0.25, -0.2) is 44.3 Å². The average Bonchev–Trinajstić information content (AvgIpc) is 1.58. The zero-order valence-corrected chi connectivity index (χ0v) is 62.6. The predicted octanol–water partition coefficient (Wildman–Crippen LogP) is -3.57. The number of aromatic nitrogens is 5. The van der Waals surface area contributed by atoms with Gasteiger partial charge in [-0.1, -0.05) is 0 Å². The number of carbonyl (C=O) groups is 8. The number of fused-ring (bicyclic) bond motifs is 5. The minimum atomic E-state index is -1.35. The van der Waals surface area contributed by atoms with Gasteiger partial charge in [0.05, 0.1) is 37.2 Å². The first-order valence-electron chi connectivity index (χ1n) is 34.8. The van der Waals surface area contributed by atoms with Crippen molar-refractivity contribution in [2.75, 3.05) is 143 Å². The number of anilines is 5. The largest absolute Gasteiger partial charge is 1.00 e. The maximum Gasteiger partial charge on any atom is 1.00 e. The molecule has 5 aromatic heterocycles. The Hall–Kier alpha value is -7.87. The van der Waals surface area contributed by atoms with Crippen molar-refractivity contribution >= 4 is 147 Å². The van der Waals surface area contributed by atoms with Crippen LogP contribution in [0.4, 0.5) is 35.4 Å². The normalized spacial score (nSPS) is 25.4. The molecule has 11 N–H and O–H groups in total. The van der Waals surface area contributed by atoms with E-state index in [0.717, 1.165) is 60.1 Å². The molecule has 1 aromatic carbocycles. The number of aliphatic hydroxyl groups excluding tert-OH is 1. The summed E-state index contributed by atoms with van der Waals surface area (Å²) in [6.45, 7) is 14.4. The van der Waals surface area contributed by atoms with Gasteiger partial charge in [0.2, 0.25) is 40.9 Å². The second-order valence-corrected chi connectivity index (χ2v) is 31.1. The number of halogens is 1. The minimum absolute atomic E-state index is 0. The van der Waals surface area contributed by atoms with Crippen molar-refractivity contribution in [3.63, 3.8) is 0 Å². The van der Waals surface area contributed by atoms with E-state index in [1.54, 1.807) is 89.0 Å². The van der Waals surface area contributed by atoms with Gasteiger partial charge in [0.25, 0.3) is 0 Å². The van der Waals surface area contributed by atoms with Crippen LogP contribution in [0.15, 0.2) is 63.4 Å². The summed E-state index contributed by atoms with van der Waals surface area (Å²) < 4.78 is 34.5. The van der Waals surface area contributed by atoms with E-state index in [9.17, 15) is 53.4 Å². The number of ether oxygens (including phenoxy) is 2. The molecule has 574 valence electrons. The van der Waals surface area contributed by atoms with Gasteiger partial charge in [0, 0.05) is 175 Å². The van der Waals surface area contributed by atoms with Gasteiger partial charge in [-0.05, 0) is 52.5 Å². The standard InChI is InChI=1S/C22H23FN6O4S.C15H20N4O4S.C10H12N4O2S.C10H16N4S.C7H10N2O3.CH5NO.Al.Li.4H/c1-26-11-33-20-17-14(19(30)15(21(31)32)10-29(17)26)7-16(23)18(20)28-4-3-27-8-12(6-13(27)9-28)25-22-24-2-5-34-22;1-15(2,3)23-14(22)19(13-16-4-5-24-13)9-6-10-12(21)17-7-11(20)18(10)8-9;15-8-4-12-9(16)7-3-6(5-14(7)8)13-10-11-1-2-17-10;1-3-14-7-8(5-9(14)6-11-1)13-10-12-2-4-15-10;10-4-1-5-7(12)8-2-6(11)9(5)3-4;1-2-3;;;;;;/h2,5,7,10,12-13H,3-4,6,8-9,11H2,1H3,(H,24,25)(H,31,32);4-5,9-10H,6-8H2,1-3H3,(H,17,21);1-2,6-7H,3-5H2,(H,11,13)(H,12,16);2,4,8-9,11H,1,3,5-7H2,(H,12,13);4-5,10H,1-3H2,(H,8,12);2-3H,1H3;;;;;;/q;;;;;;;+1;;;;-1/t12-,13-;9-,10-;6-,7-;8-,9-;4?,5-;;;;;;;/m00000......./s1/i/hT. The number of hydrogen-bond acceptors (Lipinski definition) is 30. The quantitative estimate of drug-likeness (QED) is 0.0467. The molecular formula is C65H90AlFLiN21O14S4. The Bertz CT molecular complexity index is 4120. The second-order valence-electron chi connectivity index (χ2n) is 27.6. The number of nitrogens with zero attached hydrogens (tertiary/aromatic N) is 13. The molecule has 17 rings (SSSR count). The molecule has 0 bridgehead atoms. The third-order valence-corrected chi connectivity index (χ3v) is 22.3. The molecule has 6 aromatic rings. The topological polar surface area (TPSA) is 411 Å². The number of aliphatic hydroxyl groups is 1. The van der Waals surface area contributed by atoms with Crippen LogP contribution in [0.5, 0.6) is 5.75 Å².